The van der Waals surface area contributed by atoms with Crippen molar-refractivity contribution in [1.29, 1.82) is 0 Å². The molecule has 0 fully saturated rings. The van der Waals surface area contributed by atoms with Crippen molar-refractivity contribution in [2.24, 2.45) is 0 Å². The summed E-state index contributed by atoms with van der Waals surface area (Å²) in [5.41, 5.74) is 1.06. The molecule has 0 amide bonds. The van der Waals surface area contributed by atoms with E-state index in [9.17, 15) is 4.79 Å². The Morgan fingerprint density at radius 3 is 2.90 bits per heavy atom. The lowest BCUT2D eigenvalue weighted by Gasteiger charge is -2.00. The van der Waals surface area contributed by atoms with Crippen LogP contribution in [0.15, 0.2) is 53.2 Å². The summed E-state index contributed by atoms with van der Waals surface area (Å²) < 4.78 is 6.49. The minimum atomic E-state index is -0.311. The van der Waals surface area contributed by atoms with Crippen LogP contribution < -0.4 is 0 Å². The summed E-state index contributed by atoms with van der Waals surface area (Å²) in [5.74, 6) is -0.311. The number of fused-ring (bicyclic) bond motifs is 1. The summed E-state index contributed by atoms with van der Waals surface area (Å²) in [6.45, 7) is 0.317. The predicted octanol–water partition coefficient (Wildman–Crippen LogP) is 4.72. The minimum Gasteiger partial charge on any atom is -0.458 e. The third-order valence-corrected chi connectivity index (χ3v) is 4.71. The van der Waals surface area contributed by atoms with Crippen LogP contribution in [0.1, 0.15) is 10.4 Å². The van der Waals surface area contributed by atoms with E-state index in [1.807, 2.05) is 35.0 Å². The Morgan fingerprint density at radius 1 is 1.15 bits per heavy atom. The first-order valence-corrected chi connectivity index (χ1v) is 7.92. The number of esters is 1. The summed E-state index contributed by atoms with van der Waals surface area (Å²) in [7, 11) is 0. The van der Waals surface area contributed by atoms with Crippen LogP contribution in [-0.4, -0.2) is 5.97 Å². The first-order chi connectivity index (χ1) is 9.83. The van der Waals surface area contributed by atoms with Gasteiger partial charge >= 0.3 is 5.97 Å². The Kier molecular flexibility index (Phi) is 3.95. The van der Waals surface area contributed by atoms with Gasteiger partial charge in [-0.05, 0) is 34.4 Å². The molecule has 4 heteroatoms. The molecule has 1 aromatic carbocycles. The standard InChI is InChI=1S/C16H12O2S2/c17-16(8-7-13-4-3-9-19-13)18-10-12-11-20-15-6-2-1-5-14(12)15/h1-9,11H,10H2/b8-7+. The molecule has 20 heavy (non-hydrogen) atoms. The van der Waals surface area contributed by atoms with Gasteiger partial charge in [0.1, 0.15) is 6.61 Å². The Morgan fingerprint density at radius 2 is 2.05 bits per heavy atom. The zero-order valence-corrected chi connectivity index (χ0v) is 12.2. The van der Waals surface area contributed by atoms with Crippen LogP contribution in [0.5, 0.6) is 0 Å². The lowest BCUT2D eigenvalue weighted by atomic mass is 10.2. The highest BCUT2D eigenvalue weighted by Gasteiger charge is 2.05. The van der Waals surface area contributed by atoms with Crippen molar-refractivity contribution < 1.29 is 9.53 Å². The highest BCUT2D eigenvalue weighted by atomic mass is 32.1. The normalized spacial score (nSPS) is 11.2. The van der Waals surface area contributed by atoms with Gasteiger partial charge in [-0.1, -0.05) is 24.3 Å². The Balaban J connectivity index is 1.63. The summed E-state index contributed by atoms with van der Waals surface area (Å²) in [6.07, 6.45) is 3.25. The van der Waals surface area contributed by atoms with E-state index in [0.29, 0.717) is 6.61 Å². The zero-order valence-electron chi connectivity index (χ0n) is 10.6. The van der Waals surface area contributed by atoms with Crippen LogP contribution >= 0.6 is 22.7 Å². The largest absolute Gasteiger partial charge is 0.458 e. The maximum Gasteiger partial charge on any atom is 0.331 e. The Hall–Kier alpha value is -1.91. The molecule has 0 radical (unpaired) electrons. The molecule has 0 saturated carbocycles. The monoisotopic (exact) mass is 300 g/mol. The number of rotatable bonds is 4. The molecule has 0 aliphatic carbocycles. The number of hydrogen-bond donors (Lipinski definition) is 0. The fraction of sp³-hybridized carbons (Fsp3) is 0.0625. The topological polar surface area (TPSA) is 26.3 Å². The summed E-state index contributed by atoms with van der Waals surface area (Å²) in [4.78, 5) is 12.7. The smallest absolute Gasteiger partial charge is 0.331 e. The van der Waals surface area contributed by atoms with E-state index in [1.165, 1.54) is 10.8 Å². The lowest BCUT2D eigenvalue weighted by molar-refractivity contribution is -0.138. The summed E-state index contributed by atoms with van der Waals surface area (Å²) in [5, 5.41) is 5.18. The molecule has 2 nitrogen and oxygen atoms in total. The maximum absolute atomic E-state index is 11.7. The van der Waals surface area contributed by atoms with Gasteiger partial charge in [-0.25, -0.2) is 4.79 Å². The number of hydrogen-bond acceptors (Lipinski definition) is 4. The number of thiophene rings is 2. The average Bonchev–Trinajstić information content (AvgIpc) is 3.12. The van der Waals surface area contributed by atoms with Gasteiger partial charge in [0.05, 0.1) is 0 Å². The average molecular weight is 300 g/mol. The minimum absolute atomic E-state index is 0.311. The molecule has 2 heterocycles. The molecule has 0 saturated heterocycles. The Bertz CT molecular complexity index is 739. The number of ether oxygens (including phenoxy) is 1. The predicted molar refractivity (Wildman–Crippen MR) is 85.0 cm³/mol. The van der Waals surface area contributed by atoms with E-state index < -0.39 is 0 Å². The zero-order chi connectivity index (χ0) is 13.8. The third kappa shape index (κ3) is 2.98. The quantitative estimate of drug-likeness (QED) is 0.515. The highest BCUT2D eigenvalue weighted by Crippen LogP contribution is 2.26. The molecule has 0 aliphatic rings. The SMILES string of the molecule is O=C(/C=C/c1cccs1)OCc1csc2ccccc12. The van der Waals surface area contributed by atoms with Crippen molar-refractivity contribution in [2.75, 3.05) is 0 Å². The lowest BCUT2D eigenvalue weighted by Crippen LogP contribution is -1.99. The number of carbonyl (C=O) groups is 1. The van der Waals surface area contributed by atoms with Gasteiger partial charge in [-0.3, -0.25) is 0 Å². The fourth-order valence-corrected chi connectivity index (χ4v) is 3.44. The second kappa shape index (κ2) is 6.03. The molecule has 0 unspecified atom stereocenters. The van der Waals surface area contributed by atoms with Crippen LogP contribution in [0, 0.1) is 0 Å². The summed E-state index contributed by atoms with van der Waals surface area (Å²) in [6, 6.07) is 12.0. The van der Waals surface area contributed by atoms with Gasteiger partial charge in [0.25, 0.3) is 0 Å². The van der Waals surface area contributed by atoms with Gasteiger partial charge in [0.2, 0.25) is 0 Å². The van der Waals surface area contributed by atoms with Crippen molar-refractivity contribution in [3.8, 4) is 0 Å². The van der Waals surface area contributed by atoms with Crippen LogP contribution in [-0.2, 0) is 16.1 Å². The van der Waals surface area contributed by atoms with Gasteiger partial charge in [0, 0.05) is 21.2 Å². The van der Waals surface area contributed by atoms with Gasteiger partial charge in [-0.2, -0.15) is 0 Å². The van der Waals surface area contributed by atoms with E-state index >= 15 is 0 Å². The van der Waals surface area contributed by atoms with Crippen LogP contribution in [0.4, 0.5) is 0 Å². The van der Waals surface area contributed by atoms with E-state index in [2.05, 4.69) is 12.1 Å². The molecule has 100 valence electrons. The van der Waals surface area contributed by atoms with E-state index in [0.717, 1.165) is 15.8 Å². The van der Waals surface area contributed by atoms with Crippen LogP contribution in [0.3, 0.4) is 0 Å². The molecule has 3 rings (SSSR count). The van der Waals surface area contributed by atoms with Crippen molar-refractivity contribution in [1.82, 2.24) is 0 Å². The molecule has 3 aromatic rings. The molecule has 0 N–H and O–H groups in total. The molecular formula is C16H12O2S2. The first-order valence-electron chi connectivity index (χ1n) is 6.16. The van der Waals surface area contributed by atoms with Crippen LogP contribution in [0.25, 0.3) is 16.2 Å². The van der Waals surface area contributed by atoms with Gasteiger partial charge in [0.15, 0.2) is 0 Å². The van der Waals surface area contributed by atoms with Crippen molar-refractivity contribution in [2.45, 2.75) is 6.61 Å². The Labute approximate surface area is 124 Å². The van der Waals surface area contributed by atoms with E-state index in [1.54, 1.807) is 28.7 Å². The maximum atomic E-state index is 11.7. The van der Waals surface area contributed by atoms with E-state index in [-0.39, 0.29) is 5.97 Å². The second-order valence-electron chi connectivity index (χ2n) is 4.21. The van der Waals surface area contributed by atoms with E-state index in [4.69, 9.17) is 4.74 Å². The van der Waals surface area contributed by atoms with Gasteiger partial charge < -0.3 is 4.74 Å². The molecule has 0 bridgehead atoms. The molecule has 0 aliphatic heterocycles. The molecule has 2 aromatic heterocycles. The summed E-state index contributed by atoms with van der Waals surface area (Å²) >= 11 is 3.26. The second-order valence-corrected chi connectivity index (χ2v) is 6.10. The number of carbonyl (C=O) groups excluding carboxylic acids is 1. The van der Waals surface area contributed by atoms with Crippen molar-refractivity contribution in [3.63, 3.8) is 0 Å². The molecular weight excluding hydrogens is 288 g/mol. The van der Waals surface area contributed by atoms with Crippen molar-refractivity contribution >= 4 is 44.8 Å². The highest BCUT2D eigenvalue weighted by molar-refractivity contribution is 7.17. The fourth-order valence-electron chi connectivity index (χ4n) is 1.88. The third-order valence-electron chi connectivity index (χ3n) is 2.86. The van der Waals surface area contributed by atoms with Crippen molar-refractivity contribution in [3.05, 3.63) is 63.7 Å². The van der Waals surface area contributed by atoms with Gasteiger partial charge in [-0.15, -0.1) is 22.7 Å². The number of benzene rings is 1. The first kappa shape index (κ1) is 13.1. The molecule has 0 atom stereocenters. The van der Waals surface area contributed by atoms with Crippen LogP contribution in [0.2, 0.25) is 0 Å². The molecule has 0 spiro atoms.